The molecule has 0 saturated carbocycles. The molecule has 21 heavy (non-hydrogen) atoms. The predicted molar refractivity (Wildman–Crippen MR) is 80.0 cm³/mol. The van der Waals surface area contributed by atoms with Gasteiger partial charge < -0.3 is 15.3 Å². The number of nitrogens with zero attached hydrogens (tertiary/aromatic N) is 1. The molecular formula is C14H22N2O4S. The first kappa shape index (κ1) is 16.1. The molecule has 2 fully saturated rings. The number of aliphatic carboxylic acids is 1. The van der Waals surface area contributed by atoms with Crippen molar-refractivity contribution >= 4 is 29.5 Å². The highest BCUT2D eigenvalue weighted by atomic mass is 32.2. The van der Waals surface area contributed by atoms with E-state index < -0.39 is 17.4 Å². The molecule has 2 heterocycles. The van der Waals surface area contributed by atoms with Crippen LogP contribution in [0.4, 0.5) is 0 Å². The third-order valence-electron chi connectivity index (χ3n) is 3.96. The molecule has 0 aromatic heterocycles. The lowest BCUT2D eigenvalue weighted by atomic mass is 9.97. The van der Waals surface area contributed by atoms with Crippen molar-refractivity contribution in [2.24, 2.45) is 11.8 Å². The number of hydrogen-bond acceptors (Lipinski definition) is 4. The second-order valence-electron chi connectivity index (χ2n) is 6.27. The number of carboxylic acid groups (broad SMARTS) is 1. The number of thioether (sulfide) groups is 1. The van der Waals surface area contributed by atoms with Crippen LogP contribution in [0.1, 0.15) is 26.7 Å². The summed E-state index contributed by atoms with van der Waals surface area (Å²) >= 11 is 1.53. The Kier molecular flexibility index (Phi) is 4.81. The standard InChI is InChI=1S/C14H22N2O4S/c1-9(2)6-16-7-10(5-11(16)17)12(18)15-14(13(19)20)3-4-21-8-14/h9-10H,3-8H2,1-2H3,(H,15,18)(H,19,20). The fourth-order valence-corrected chi connectivity index (χ4v) is 4.11. The van der Waals surface area contributed by atoms with Crippen LogP contribution >= 0.6 is 11.8 Å². The lowest BCUT2D eigenvalue weighted by molar-refractivity contribution is -0.147. The van der Waals surface area contributed by atoms with Crippen molar-refractivity contribution in [1.82, 2.24) is 10.2 Å². The molecule has 2 amide bonds. The van der Waals surface area contributed by atoms with Crippen LogP contribution in [-0.2, 0) is 14.4 Å². The Morgan fingerprint density at radius 1 is 1.52 bits per heavy atom. The molecule has 7 heteroatoms. The SMILES string of the molecule is CC(C)CN1CC(C(=O)NC2(C(=O)O)CCSC2)CC1=O. The topological polar surface area (TPSA) is 86.7 Å². The maximum Gasteiger partial charge on any atom is 0.330 e. The van der Waals surface area contributed by atoms with Crippen LogP contribution in [0.3, 0.4) is 0 Å². The Hall–Kier alpha value is -1.24. The van der Waals surface area contributed by atoms with E-state index in [9.17, 15) is 19.5 Å². The number of amides is 2. The van der Waals surface area contributed by atoms with Crippen LogP contribution in [0.25, 0.3) is 0 Å². The van der Waals surface area contributed by atoms with Crippen LogP contribution in [0.2, 0.25) is 0 Å². The fourth-order valence-electron chi connectivity index (χ4n) is 2.79. The summed E-state index contributed by atoms with van der Waals surface area (Å²) in [5.41, 5.74) is -1.16. The molecule has 2 N–H and O–H groups in total. The van der Waals surface area contributed by atoms with Gasteiger partial charge in [0, 0.05) is 25.3 Å². The van der Waals surface area contributed by atoms with Crippen molar-refractivity contribution in [2.45, 2.75) is 32.2 Å². The molecule has 0 aliphatic carbocycles. The predicted octanol–water partition coefficient (Wildman–Crippen LogP) is 0.567. The second kappa shape index (κ2) is 6.25. The van der Waals surface area contributed by atoms with Crippen LogP contribution in [0.5, 0.6) is 0 Å². The smallest absolute Gasteiger partial charge is 0.330 e. The summed E-state index contributed by atoms with van der Waals surface area (Å²) in [6, 6.07) is 0. The average molecular weight is 314 g/mol. The maximum absolute atomic E-state index is 12.3. The first-order valence-corrected chi connectivity index (χ1v) is 8.40. The molecule has 0 radical (unpaired) electrons. The molecule has 0 aromatic rings. The molecule has 2 atom stereocenters. The highest BCUT2D eigenvalue weighted by molar-refractivity contribution is 7.99. The van der Waals surface area contributed by atoms with Gasteiger partial charge in [-0.25, -0.2) is 4.79 Å². The molecule has 2 aliphatic rings. The maximum atomic E-state index is 12.3. The molecule has 2 unspecified atom stereocenters. The summed E-state index contributed by atoms with van der Waals surface area (Å²) in [7, 11) is 0. The number of carboxylic acids is 1. The zero-order valence-electron chi connectivity index (χ0n) is 12.4. The highest BCUT2D eigenvalue weighted by Crippen LogP contribution is 2.29. The minimum absolute atomic E-state index is 0.0194. The van der Waals surface area contributed by atoms with E-state index in [2.05, 4.69) is 5.32 Å². The summed E-state index contributed by atoms with van der Waals surface area (Å²) in [6.45, 7) is 5.08. The molecule has 2 rings (SSSR count). The normalized spacial score (nSPS) is 29.2. The van der Waals surface area contributed by atoms with E-state index in [4.69, 9.17) is 0 Å². The van der Waals surface area contributed by atoms with Crippen molar-refractivity contribution in [2.75, 3.05) is 24.6 Å². The van der Waals surface area contributed by atoms with E-state index in [0.29, 0.717) is 31.2 Å². The van der Waals surface area contributed by atoms with Gasteiger partial charge >= 0.3 is 5.97 Å². The van der Waals surface area contributed by atoms with E-state index in [1.807, 2.05) is 13.8 Å². The molecule has 118 valence electrons. The van der Waals surface area contributed by atoms with Gasteiger partial charge in [0.05, 0.1) is 5.92 Å². The van der Waals surface area contributed by atoms with E-state index in [1.165, 1.54) is 11.8 Å². The van der Waals surface area contributed by atoms with Crippen LogP contribution in [0.15, 0.2) is 0 Å². The van der Waals surface area contributed by atoms with Crippen molar-refractivity contribution in [3.8, 4) is 0 Å². The summed E-state index contributed by atoms with van der Waals surface area (Å²) in [5, 5.41) is 12.1. The van der Waals surface area contributed by atoms with E-state index in [1.54, 1.807) is 4.90 Å². The monoisotopic (exact) mass is 314 g/mol. The van der Waals surface area contributed by atoms with E-state index >= 15 is 0 Å². The van der Waals surface area contributed by atoms with Crippen LogP contribution in [-0.4, -0.2) is 57.9 Å². The van der Waals surface area contributed by atoms with Crippen molar-refractivity contribution in [1.29, 1.82) is 0 Å². The van der Waals surface area contributed by atoms with Gasteiger partial charge in [-0.3, -0.25) is 9.59 Å². The Labute approximate surface area is 128 Å². The Morgan fingerprint density at radius 3 is 2.76 bits per heavy atom. The van der Waals surface area contributed by atoms with Crippen LogP contribution in [0, 0.1) is 11.8 Å². The minimum atomic E-state index is -1.16. The molecule has 6 nitrogen and oxygen atoms in total. The molecule has 2 saturated heterocycles. The number of carbonyl (C=O) groups is 3. The Bertz CT molecular complexity index is 446. The molecular weight excluding hydrogens is 292 g/mol. The zero-order chi connectivity index (χ0) is 15.6. The second-order valence-corrected chi connectivity index (χ2v) is 7.38. The quantitative estimate of drug-likeness (QED) is 0.774. The van der Waals surface area contributed by atoms with Gasteiger partial charge in [-0.1, -0.05) is 13.8 Å². The first-order valence-electron chi connectivity index (χ1n) is 7.25. The summed E-state index contributed by atoms with van der Waals surface area (Å²) in [4.78, 5) is 37.4. The number of rotatable bonds is 5. The minimum Gasteiger partial charge on any atom is -0.479 e. The number of carbonyl (C=O) groups excluding carboxylic acids is 2. The van der Waals surface area contributed by atoms with Gasteiger partial charge in [0.15, 0.2) is 0 Å². The lowest BCUT2D eigenvalue weighted by Gasteiger charge is -2.26. The largest absolute Gasteiger partial charge is 0.479 e. The Morgan fingerprint density at radius 2 is 2.24 bits per heavy atom. The third kappa shape index (κ3) is 3.51. The highest BCUT2D eigenvalue weighted by Gasteiger charge is 2.45. The van der Waals surface area contributed by atoms with Gasteiger partial charge in [0.25, 0.3) is 0 Å². The van der Waals surface area contributed by atoms with Gasteiger partial charge in [0.2, 0.25) is 11.8 Å². The van der Waals surface area contributed by atoms with Crippen molar-refractivity contribution in [3.05, 3.63) is 0 Å². The zero-order valence-corrected chi connectivity index (χ0v) is 13.2. The number of hydrogen-bond donors (Lipinski definition) is 2. The first-order chi connectivity index (χ1) is 9.84. The fraction of sp³-hybridized carbons (Fsp3) is 0.786. The molecule has 0 aromatic carbocycles. The Balaban J connectivity index is 1.98. The van der Waals surface area contributed by atoms with Crippen LogP contribution < -0.4 is 5.32 Å². The van der Waals surface area contributed by atoms with Crippen molar-refractivity contribution in [3.63, 3.8) is 0 Å². The molecule has 0 spiro atoms. The van der Waals surface area contributed by atoms with E-state index in [-0.39, 0.29) is 18.2 Å². The number of nitrogens with one attached hydrogen (secondary N) is 1. The molecule has 2 aliphatic heterocycles. The third-order valence-corrected chi connectivity index (χ3v) is 5.15. The summed E-state index contributed by atoms with van der Waals surface area (Å²) in [6.07, 6.45) is 0.622. The van der Waals surface area contributed by atoms with Gasteiger partial charge in [0.1, 0.15) is 5.54 Å². The van der Waals surface area contributed by atoms with Gasteiger partial charge in [-0.2, -0.15) is 11.8 Å². The molecule has 0 bridgehead atoms. The lowest BCUT2D eigenvalue weighted by Crippen LogP contribution is -2.56. The summed E-state index contributed by atoms with van der Waals surface area (Å²) in [5.74, 6) is -0.261. The van der Waals surface area contributed by atoms with Crippen molar-refractivity contribution < 1.29 is 19.5 Å². The average Bonchev–Trinajstić information content (AvgIpc) is 2.98. The number of likely N-dealkylation sites (tertiary alicyclic amines) is 1. The van der Waals surface area contributed by atoms with E-state index in [0.717, 1.165) is 5.75 Å². The van der Waals surface area contributed by atoms with Gasteiger partial charge in [-0.05, 0) is 18.1 Å². The summed E-state index contributed by atoms with van der Waals surface area (Å²) < 4.78 is 0. The van der Waals surface area contributed by atoms with Gasteiger partial charge in [-0.15, -0.1) is 0 Å².